The SMILES string of the molecule is O=C(NCc1ccc(-c2cnc3nc2NCCCNS(=O)c2cccc(c2)N3)cc1)C1(c2ccccc2C(F)(F)F)CC1. The van der Waals surface area contributed by atoms with Crippen LogP contribution in [0.4, 0.5) is 30.6 Å². The van der Waals surface area contributed by atoms with Crippen molar-refractivity contribution >= 4 is 34.3 Å². The fourth-order valence-corrected chi connectivity index (χ4v) is 6.13. The Morgan fingerprint density at radius 3 is 2.56 bits per heavy atom. The Balaban J connectivity index is 1.17. The van der Waals surface area contributed by atoms with Crippen molar-refractivity contribution < 1.29 is 22.2 Å². The van der Waals surface area contributed by atoms with E-state index >= 15 is 0 Å². The van der Waals surface area contributed by atoms with Crippen molar-refractivity contribution in [3.8, 4) is 11.1 Å². The molecule has 4 aromatic rings. The molecule has 3 aromatic carbocycles. The Bertz CT molecular complexity index is 1680. The van der Waals surface area contributed by atoms with Gasteiger partial charge in [-0.1, -0.05) is 48.5 Å². The molecule has 8 nitrogen and oxygen atoms in total. The number of benzene rings is 3. The van der Waals surface area contributed by atoms with E-state index in [-0.39, 0.29) is 12.1 Å². The minimum absolute atomic E-state index is 0.0340. The first-order chi connectivity index (χ1) is 20.7. The fourth-order valence-electron chi connectivity index (χ4n) is 5.19. The van der Waals surface area contributed by atoms with E-state index in [0.717, 1.165) is 22.8 Å². The normalized spacial score (nSPS) is 17.7. The van der Waals surface area contributed by atoms with Crippen molar-refractivity contribution in [1.29, 1.82) is 0 Å². The number of rotatable bonds is 5. The second kappa shape index (κ2) is 11.8. The highest BCUT2D eigenvalue weighted by molar-refractivity contribution is 7.83. The lowest BCUT2D eigenvalue weighted by molar-refractivity contribution is -0.138. The Hall–Kier alpha value is -4.29. The maximum absolute atomic E-state index is 13.6. The molecule has 43 heavy (non-hydrogen) atoms. The molecule has 4 N–H and O–H groups in total. The number of anilines is 3. The predicted molar refractivity (Wildman–Crippen MR) is 159 cm³/mol. The first-order valence-corrected chi connectivity index (χ1v) is 15.1. The molecule has 4 bridgehead atoms. The largest absolute Gasteiger partial charge is 0.416 e. The summed E-state index contributed by atoms with van der Waals surface area (Å²) in [7, 11) is -1.33. The molecule has 0 radical (unpaired) electrons. The number of alkyl halides is 3. The van der Waals surface area contributed by atoms with Gasteiger partial charge in [-0.3, -0.25) is 4.79 Å². The summed E-state index contributed by atoms with van der Waals surface area (Å²) in [6.07, 6.45) is -1.32. The Labute approximate surface area is 249 Å². The molecule has 12 heteroatoms. The number of halogens is 3. The summed E-state index contributed by atoms with van der Waals surface area (Å²) in [6.45, 7) is 1.33. The molecule has 1 saturated carbocycles. The van der Waals surface area contributed by atoms with Crippen LogP contribution in [0.15, 0.2) is 83.9 Å². The number of fused-ring (bicyclic) bond motifs is 4. The monoisotopic (exact) mass is 606 g/mol. The second-order valence-corrected chi connectivity index (χ2v) is 11.9. The molecule has 1 aliphatic carbocycles. The summed E-state index contributed by atoms with van der Waals surface area (Å²) in [5.41, 5.74) is 1.29. The van der Waals surface area contributed by atoms with Crippen LogP contribution < -0.4 is 20.7 Å². The van der Waals surface area contributed by atoms with Gasteiger partial charge in [0.25, 0.3) is 0 Å². The zero-order valence-corrected chi connectivity index (χ0v) is 23.8. The average Bonchev–Trinajstić information content (AvgIpc) is 3.82. The zero-order valence-electron chi connectivity index (χ0n) is 23.0. The number of amides is 1. The number of carbonyl (C=O) groups is 1. The summed E-state index contributed by atoms with van der Waals surface area (Å²) in [4.78, 5) is 22.9. The van der Waals surface area contributed by atoms with Crippen LogP contribution in [0.2, 0.25) is 0 Å². The van der Waals surface area contributed by atoms with Crippen LogP contribution >= 0.6 is 0 Å². The fraction of sp³-hybridized carbons (Fsp3) is 0.258. The number of hydrogen-bond acceptors (Lipinski definition) is 6. The molecule has 2 aliphatic rings. The van der Waals surface area contributed by atoms with Gasteiger partial charge in [-0.15, -0.1) is 0 Å². The molecule has 0 spiro atoms. The van der Waals surface area contributed by atoms with Gasteiger partial charge in [0.15, 0.2) is 0 Å². The Kier molecular flexibility index (Phi) is 7.89. The Morgan fingerprint density at radius 2 is 1.79 bits per heavy atom. The third kappa shape index (κ3) is 6.25. The van der Waals surface area contributed by atoms with Gasteiger partial charge in [-0.05, 0) is 60.2 Å². The van der Waals surface area contributed by atoms with E-state index in [0.29, 0.717) is 54.7 Å². The molecule has 1 atom stereocenters. The van der Waals surface area contributed by atoms with Crippen molar-refractivity contribution in [1.82, 2.24) is 20.0 Å². The summed E-state index contributed by atoms with van der Waals surface area (Å²) in [5, 5.41) is 9.37. The summed E-state index contributed by atoms with van der Waals surface area (Å²) >= 11 is 0. The number of nitrogens with zero attached hydrogens (tertiary/aromatic N) is 2. The van der Waals surface area contributed by atoms with Crippen LogP contribution in [0.1, 0.15) is 36.0 Å². The highest BCUT2D eigenvalue weighted by atomic mass is 32.2. The lowest BCUT2D eigenvalue weighted by Gasteiger charge is -2.20. The predicted octanol–water partition coefficient (Wildman–Crippen LogP) is 5.68. The standard InChI is InChI=1S/C31H29F3N6O2S/c32-31(33,34)26-8-2-1-7-25(26)30(13-14-30)28(41)36-18-20-9-11-21(12-10-20)24-19-37-29-39-22-5-3-6-23(17-22)43(42)38-16-4-15-35-27(24)40-29/h1-3,5-12,17,19,38H,4,13-16,18H2,(H,36,41)(H2,35,37,39,40). The molecule has 2 heterocycles. The van der Waals surface area contributed by atoms with Gasteiger partial charge in [0.1, 0.15) is 16.8 Å². The van der Waals surface area contributed by atoms with Crippen molar-refractivity contribution in [3.63, 3.8) is 0 Å². The van der Waals surface area contributed by atoms with Gasteiger partial charge in [0.05, 0.1) is 15.9 Å². The van der Waals surface area contributed by atoms with Crippen LogP contribution in [-0.4, -0.2) is 33.2 Å². The minimum atomic E-state index is -4.52. The van der Waals surface area contributed by atoms with Gasteiger partial charge >= 0.3 is 6.18 Å². The third-order valence-electron chi connectivity index (χ3n) is 7.62. The Morgan fingerprint density at radius 1 is 1.00 bits per heavy atom. The van der Waals surface area contributed by atoms with Crippen molar-refractivity contribution in [2.75, 3.05) is 23.7 Å². The van der Waals surface area contributed by atoms with Gasteiger partial charge in [0.2, 0.25) is 11.9 Å². The van der Waals surface area contributed by atoms with Gasteiger partial charge in [-0.2, -0.15) is 18.2 Å². The summed E-state index contributed by atoms with van der Waals surface area (Å²) in [5.74, 6) is 0.625. The van der Waals surface area contributed by atoms with Crippen molar-refractivity contribution in [2.45, 2.75) is 42.3 Å². The van der Waals surface area contributed by atoms with Crippen LogP contribution in [0.3, 0.4) is 0 Å². The summed E-state index contributed by atoms with van der Waals surface area (Å²) in [6, 6.07) is 20.1. The highest BCUT2D eigenvalue weighted by Crippen LogP contribution is 2.52. The topological polar surface area (TPSA) is 108 Å². The van der Waals surface area contributed by atoms with E-state index in [2.05, 4.69) is 30.6 Å². The van der Waals surface area contributed by atoms with Crippen molar-refractivity contribution in [3.05, 3.63) is 95.7 Å². The van der Waals surface area contributed by atoms with Crippen LogP contribution in [0, 0.1) is 0 Å². The highest BCUT2D eigenvalue weighted by Gasteiger charge is 2.54. The molecule has 1 aromatic heterocycles. The molecular weight excluding hydrogens is 577 g/mol. The molecule has 6 rings (SSSR count). The molecule has 1 amide bonds. The van der Waals surface area contributed by atoms with Crippen LogP contribution in [0.5, 0.6) is 0 Å². The van der Waals surface area contributed by atoms with E-state index in [1.807, 2.05) is 36.4 Å². The number of nitrogens with one attached hydrogen (secondary N) is 4. The second-order valence-electron chi connectivity index (χ2n) is 10.6. The van der Waals surface area contributed by atoms with E-state index in [1.54, 1.807) is 24.4 Å². The first-order valence-electron chi connectivity index (χ1n) is 13.9. The van der Waals surface area contributed by atoms with Crippen LogP contribution in [0.25, 0.3) is 11.1 Å². The number of carbonyl (C=O) groups excluding carboxylic acids is 1. The first kappa shape index (κ1) is 28.8. The van der Waals surface area contributed by atoms with Gasteiger partial charge in [-0.25, -0.2) is 13.9 Å². The lowest BCUT2D eigenvalue weighted by Crippen LogP contribution is -2.35. The van der Waals surface area contributed by atoms with Crippen LogP contribution in [-0.2, 0) is 33.9 Å². The van der Waals surface area contributed by atoms with E-state index in [4.69, 9.17) is 0 Å². The molecule has 0 saturated heterocycles. The lowest BCUT2D eigenvalue weighted by atomic mass is 9.90. The molecule has 1 unspecified atom stereocenters. The smallest absolute Gasteiger partial charge is 0.369 e. The average molecular weight is 607 g/mol. The molecule has 1 aliphatic heterocycles. The molecular formula is C31H29F3N6O2S. The molecule has 1 fully saturated rings. The van der Waals surface area contributed by atoms with Gasteiger partial charge in [0, 0.05) is 37.1 Å². The van der Waals surface area contributed by atoms with Gasteiger partial charge < -0.3 is 16.0 Å². The third-order valence-corrected chi connectivity index (χ3v) is 8.77. The van der Waals surface area contributed by atoms with E-state index in [9.17, 15) is 22.2 Å². The number of hydrogen-bond donors (Lipinski definition) is 4. The van der Waals surface area contributed by atoms with Crippen molar-refractivity contribution in [2.24, 2.45) is 0 Å². The van der Waals surface area contributed by atoms with E-state index in [1.165, 1.54) is 12.1 Å². The maximum Gasteiger partial charge on any atom is 0.416 e. The molecule has 222 valence electrons. The summed E-state index contributed by atoms with van der Waals surface area (Å²) < 4.78 is 56.4. The minimum Gasteiger partial charge on any atom is -0.369 e. The maximum atomic E-state index is 13.6. The van der Waals surface area contributed by atoms with E-state index < -0.39 is 34.0 Å². The quantitative estimate of drug-likeness (QED) is 0.233. The zero-order chi connectivity index (χ0) is 30.0. The number of aromatic nitrogens is 2.